The zero-order valence-corrected chi connectivity index (χ0v) is 12.8. The number of hydrogen-bond acceptors (Lipinski definition) is 3. The van der Waals surface area contributed by atoms with E-state index in [1.165, 1.54) is 5.56 Å². The normalized spacial score (nSPS) is 12.7. The fourth-order valence-electron chi connectivity index (χ4n) is 2.07. The number of rotatable bonds is 9. The van der Waals surface area contributed by atoms with E-state index in [9.17, 15) is 0 Å². The number of nitrogens with zero attached hydrogens (tertiary/aromatic N) is 1. The van der Waals surface area contributed by atoms with Crippen LogP contribution in [-0.4, -0.2) is 38.7 Å². The van der Waals surface area contributed by atoms with E-state index in [0.717, 1.165) is 38.3 Å². The maximum Gasteiger partial charge on any atom is 0.124 e. The van der Waals surface area contributed by atoms with Crippen LogP contribution in [0.1, 0.15) is 38.3 Å². The molecule has 0 saturated carbocycles. The Bertz CT molecular complexity index is 352. The number of nitrogens with one attached hydrogen (secondary N) is 1. The lowest BCUT2D eigenvalue weighted by Gasteiger charge is -2.24. The summed E-state index contributed by atoms with van der Waals surface area (Å²) in [5.41, 5.74) is 1.26. The molecule has 1 atom stereocenters. The molecule has 3 heteroatoms. The summed E-state index contributed by atoms with van der Waals surface area (Å²) in [6.45, 7) is 7.11. The van der Waals surface area contributed by atoms with Crippen LogP contribution in [0.4, 0.5) is 0 Å². The fourth-order valence-corrected chi connectivity index (χ4v) is 2.07. The first-order valence-electron chi connectivity index (χ1n) is 7.28. The van der Waals surface area contributed by atoms with Crippen molar-refractivity contribution in [3.8, 4) is 5.75 Å². The van der Waals surface area contributed by atoms with Crippen LogP contribution >= 0.6 is 0 Å². The van der Waals surface area contributed by atoms with Gasteiger partial charge in [-0.3, -0.25) is 0 Å². The summed E-state index contributed by atoms with van der Waals surface area (Å²) >= 11 is 0. The molecule has 0 bridgehead atoms. The summed E-state index contributed by atoms with van der Waals surface area (Å²) in [6.07, 6.45) is 2.18. The van der Waals surface area contributed by atoms with Crippen LogP contribution < -0.4 is 10.1 Å². The molecule has 0 aromatic heterocycles. The first-order valence-corrected chi connectivity index (χ1v) is 7.28. The van der Waals surface area contributed by atoms with Gasteiger partial charge in [-0.1, -0.05) is 32.0 Å². The van der Waals surface area contributed by atoms with Gasteiger partial charge in [0, 0.05) is 18.2 Å². The van der Waals surface area contributed by atoms with Crippen LogP contribution in [0.15, 0.2) is 24.3 Å². The van der Waals surface area contributed by atoms with E-state index in [0.29, 0.717) is 6.04 Å². The highest BCUT2D eigenvalue weighted by Gasteiger charge is 2.16. The minimum atomic E-state index is 0.322. The lowest BCUT2D eigenvalue weighted by molar-refractivity contribution is 0.298. The zero-order valence-electron chi connectivity index (χ0n) is 12.8. The van der Waals surface area contributed by atoms with Crippen molar-refractivity contribution in [2.75, 3.05) is 33.8 Å². The molecule has 0 radical (unpaired) electrons. The van der Waals surface area contributed by atoms with Crippen LogP contribution in [-0.2, 0) is 0 Å². The van der Waals surface area contributed by atoms with Gasteiger partial charge < -0.3 is 15.0 Å². The highest BCUT2D eigenvalue weighted by atomic mass is 16.5. The summed E-state index contributed by atoms with van der Waals surface area (Å²) in [4.78, 5) is 2.21. The van der Waals surface area contributed by atoms with E-state index >= 15 is 0 Å². The third-order valence-corrected chi connectivity index (χ3v) is 2.94. The van der Waals surface area contributed by atoms with Gasteiger partial charge in [-0.25, -0.2) is 0 Å². The van der Waals surface area contributed by atoms with Crippen LogP contribution in [0, 0.1) is 0 Å². The van der Waals surface area contributed by atoms with Crippen LogP contribution in [0.5, 0.6) is 5.75 Å². The zero-order chi connectivity index (χ0) is 14.1. The van der Waals surface area contributed by atoms with Gasteiger partial charge in [-0.15, -0.1) is 0 Å². The monoisotopic (exact) mass is 264 g/mol. The topological polar surface area (TPSA) is 24.5 Å². The Morgan fingerprint density at radius 3 is 2.53 bits per heavy atom. The second-order valence-electron chi connectivity index (χ2n) is 5.16. The third-order valence-electron chi connectivity index (χ3n) is 2.94. The Labute approximate surface area is 118 Å². The predicted octanol–water partition coefficient (Wildman–Crippen LogP) is 3.08. The van der Waals surface area contributed by atoms with Gasteiger partial charge >= 0.3 is 0 Å². The van der Waals surface area contributed by atoms with Gasteiger partial charge in [0.25, 0.3) is 0 Å². The van der Waals surface area contributed by atoms with Crippen molar-refractivity contribution in [1.29, 1.82) is 0 Å². The Balaban J connectivity index is 2.86. The maximum atomic E-state index is 5.87. The predicted molar refractivity (Wildman–Crippen MR) is 81.8 cm³/mol. The SMILES string of the molecule is CCCNC(CN(C)C)c1ccccc1OCCC. The van der Waals surface area contributed by atoms with Gasteiger partial charge in [-0.2, -0.15) is 0 Å². The van der Waals surface area contributed by atoms with E-state index in [1.807, 2.05) is 6.07 Å². The number of para-hydroxylation sites is 1. The van der Waals surface area contributed by atoms with Crippen molar-refractivity contribution in [2.45, 2.75) is 32.7 Å². The molecule has 1 rings (SSSR count). The molecular weight excluding hydrogens is 236 g/mol. The molecule has 0 aliphatic rings. The fraction of sp³-hybridized carbons (Fsp3) is 0.625. The molecule has 0 fully saturated rings. The number of ether oxygens (including phenoxy) is 1. The molecule has 1 aromatic carbocycles. The average molecular weight is 264 g/mol. The Morgan fingerprint density at radius 2 is 1.89 bits per heavy atom. The molecule has 0 heterocycles. The highest BCUT2D eigenvalue weighted by Crippen LogP contribution is 2.25. The van der Waals surface area contributed by atoms with E-state index in [4.69, 9.17) is 4.74 Å². The molecule has 1 aromatic rings. The number of hydrogen-bond donors (Lipinski definition) is 1. The molecule has 0 saturated heterocycles. The lowest BCUT2D eigenvalue weighted by Crippen LogP contribution is -2.32. The largest absolute Gasteiger partial charge is 0.493 e. The first kappa shape index (κ1) is 16.0. The molecule has 0 aliphatic heterocycles. The maximum absolute atomic E-state index is 5.87. The highest BCUT2D eigenvalue weighted by molar-refractivity contribution is 5.36. The van der Waals surface area contributed by atoms with Crippen molar-refractivity contribution in [1.82, 2.24) is 10.2 Å². The lowest BCUT2D eigenvalue weighted by atomic mass is 10.0. The van der Waals surface area contributed by atoms with Crippen LogP contribution in [0.3, 0.4) is 0 Å². The van der Waals surface area contributed by atoms with E-state index in [2.05, 4.69) is 56.4 Å². The molecule has 1 unspecified atom stereocenters. The second-order valence-corrected chi connectivity index (χ2v) is 5.16. The molecule has 0 amide bonds. The Morgan fingerprint density at radius 1 is 1.16 bits per heavy atom. The summed E-state index contributed by atoms with van der Waals surface area (Å²) in [7, 11) is 4.21. The van der Waals surface area contributed by atoms with Crippen LogP contribution in [0.25, 0.3) is 0 Å². The second kappa shape index (κ2) is 8.94. The van der Waals surface area contributed by atoms with Crippen molar-refractivity contribution < 1.29 is 4.74 Å². The van der Waals surface area contributed by atoms with Crippen molar-refractivity contribution in [3.05, 3.63) is 29.8 Å². The molecule has 3 nitrogen and oxygen atoms in total. The molecule has 19 heavy (non-hydrogen) atoms. The van der Waals surface area contributed by atoms with Gasteiger partial charge in [0.2, 0.25) is 0 Å². The average Bonchev–Trinajstić information content (AvgIpc) is 2.41. The third kappa shape index (κ3) is 5.62. The minimum Gasteiger partial charge on any atom is -0.493 e. The van der Waals surface area contributed by atoms with Gasteiger partial charge in [0.15, 0.2) is 0 Å². The molecule has 108 valence electrons. The van der Waals surface area contributed by atoms with Crippen molar-refractivity contribution >= 4 is 0 Å². The summed E-state index contributed by atoms with van der Waals surface area (Å²) in [5.74, 6) is 1.01. The van der Waals surface area contributed by atoms with Crippen molar-refractivity contribution in [3.63, 3.8) is 0 Å². The van der Waals surface area contributed by atoms with Crippen LogP contribution in [0.2, 0.25) is 0 Å². The smallest absolute Gasteiger partial charge is 0.124 e. The summed E-state index contributed by atoms with van der Waals surface area (Å²) in [5, 5.41) is 3.61. The molecule has 0 aliphatic carbocycles. The molecular formula is C16H28N2O. The first-order chi connectivity index (χ1) is 9.19. The minimum absolute atomic E-state index is 0.322. The van der Waals surface area contributed by atoms with E-state index in [1.54, 1.807) is 0 Å². The van der Waals surface area contributed by atoms with Gasteiger partial charge in [-0.05, 0) is 39.5 Å². The van der Waals surface area contributed by atoms with Crippen molar-refractivity contribution in [2.24, 2.45) is 0 Å². The Hall–Kier alpha value is -1.06. The Kier molecular flexibility index (Phi) is 7.53. The summed E-state index contributed by atoms with van der Waals surface area (Å²) in [6, 6.07) is 8.69. The number of likely N-dealkylation sites (N-methyl/N-ethyl adjacent to an activating group) is 1. The van der Waals surface area contributed by atoms with Gasteiger partial charge in [0.1, 0.15) is 5.75 Å². The molecule has 0 spiro atoms. The van der Waals surface area contributed by atoms with E-state index in [-0.39, 0.29) is 0 Å². The van der Waals surface area contributed by atoms with E-state index < -0.39 is 0 Å². The standard InChI is InChI=1S/C16H28N2O/c1-5-11-17-15(13-18(3)4)14-9-7-8-10-16(14)19-12-6-2/h7-10,15,17H,5-6,11-13H2,1-4H3. The summed E-state index contributed by atoms with van der Waals surface area (Å²) < 4.78 is 5.87. The molecule has 1 N–H and O–H groups in total. The van der Waals surface area contributed by atoms with Gasteiger partial charge in [0.05, 0.1) is 6.61 Å². The number of benzene rings is 1. The quantitative estimate of drug-likeness (QED) is 0.742.